The third-order valence-corrected chi connectivity index (χ3v) is 1.67. The van der Waals surface area contributed by atoms with Gasteiger partial charge in [-0.2, -0.15) is 13.2 Å². The lowest BCUT2D eigenvalue weighted by molar-refractivity contribution is -0.196. The molecule has 0 spiro atoms. The number of hydrogen-bond acceptors (Lipinski definition) is 1. The maximum Gasteiger partial charge on any atom is 0.420 e. The topological polar surface area (TPSA) is 9.23 Å². The average Bonchev–Trinajstić information content (AvgIpc) is 2.05. The molecule has 0 bridgehead atoms. The van der Waals surface area contributed by atoms with Crippen LogP contribution in [-0.2, 0) is 4.29 Å². The Morgan fingerprint density at radius 1 is 1.15 bits per heavy atom. The van der Waals surface area contributed by atoms with E-state index in [-0.39, 0.29) is 5.56 Å². The summed E-state index contributed by atoms with van der Waals surface area (Å²) in [6.07, 6.45) is -6.54. The highest BCUT2D eigenvalue weighted by Crippen LogP contribution is 2.36. The van der Waals surface area contributed by atoms with Gasteiger partial charge in [0.05, 0.1) is 11.9 Å². The fourth-order valence-corrected chi connectivity index (χ4v) is 1.12. The molecule has 1 unspecified atom stereocenters. The van der Waals surface area contributed by atoms with Crippen molar-refractivity contribution in [2.45, 2.75) is 12.3 Å². The van der Waals surface area contributed by atoms with Crippen molar-refractivity contribution < 1.29 is 17.5 Å². The van der Waals surface area contributed by atoms with Crippen LogP contribution in [0.25, 0.3) is 0 Å². The molecule has 0 saturated heterocycles. The highest BCUT2D eigenvalue weighted by Gasteiger charge is 2.42. The van der Waals surface area contributed by atoms with Crippen LogP contribution in [0.15, 0.2) is 30.3 Å². The quantitative estimate of drug-likeness (QED) is 0.726. The van der Waals surface area contributed by atoms with Gasteiger partial charge in [-0.05, 0) is 5.56 Å². The molecular formula is C8H6ClF3O. The van der Waals surface area contributed by atoms with Crippen LogP contribution in [0.3, 0.4) is 0 Å². The molecule has 1 aromatic rings. The van der Waals surface area contributed by atoms with Gasteiger partial charge in [0.25, 0.3) is 0 Å². The number of rotatable bonds is 2. The molecule has 0 N–H and O–H groups in total. The molecule has 0 aromatic heterocycles. The van der Waals surface area contributed by atoms with Gasteiger partial charge in [0.15, 0.2) is 6.10 Å². The van der Waals surface area contributed by atoms with Crippen LogP contribution in [0.1, 0.15) is 11.7 Å². The minimum Gasteiger partial charge on any atom is -0.261 e. The highest BCUT2D eigenvalue weighted by molar-refractivity contribution is 6.07. The number of hydrogen-bond donors (Lipinski definition) is 0. The summed E-state index contributed by atoms with van der Waals surface area (Å²) in [4.78, 5) is 0. The highest BCUT2D eigenvalue weighted by atomic mass is 35.5. The third-order valence-electron chi connectivity index (χ3n) is 1.49. The van der Waals surface area contributed by atoms with Crippen molar-refractivity contribution in [1.29, 1.82) is 0 Å². The first-order valence-electron chi connectivity index (χ1n) is 3.44. The van der Waals surface area contributed by atoms with E-state index in [1.54, 1.807) is 6.07 Å². The molecule has 0 heterocycles. The molecule has 0 saturated carbocycles. The Kier molecular flexibility index (Phi) is 3.17. The van der Waals surface area contributed by atoms with Crippen molar-refractivity contribution >= 4 is 11.9 Å². The summed E-state index contributed by atoms with van der Waals surface area (Å²) in [5.41, 5.74) is -0.00926. The van der Waals surface area contributed by atoms with Crippen molar-refractivity contribution in [2.24, 2.45) is 0 Å². The average molecular weight is 211 g/mol. The van der Waals surface area contributed by atoms with E-state index in [2.05, 4.69) is 4.29 Å². The Labute approximate surface area is 78.2 Å². The molecule has 0 aliphatic heterocycles. The Balaban J connectivity index is 2.92. The first-order valence-corrected chi connectivity index (χ1v) is 3.75. The van der Waals surface area contributed by atoms with E-state index in [1.807, 2.05) is 0 Å². The summed E-state index contributed by atoms with van der Waals surface area (Å²) < 4.78 is 40.4. The Hall–Kier alpha value is -0.740. The van der Waals surface area contributed by atoms with Gasteiger partial charge in [-0.3, -0.25) is 4.29 Å². The SMILES string of the molecule is FC(F)(F)C(OCl)c1ccccc1. The summed E-state index contributed by atoms with van der Waals surface area (Å²) in [7, 11) is 0. The van der Waals surface area contributed by atoms with Crippen LogP contribution in [0, 0.1) is 0 Å². The van der Waals surface area contributed by atoms with Gasteiger partial charge in [-0.25, -0.2) is 0 Å². The van der Waals surface area contributed by atoms with E-state index >= 15 is 0 Å². The van der Waals surface area contributed by atoms with Crippen LogP contribution in [-0.4, -0.2) is 6.18 Å². The van der Waals surface area contributed by atoms with Gasteiger partial charge in [-0.1, -0.05) is 30.3 Å². The Bertz CT molecular complexity index is 260. The standard InChI is InChI=1S/C8H6ClF3O/c9-13-7(8(10,11)12)6-4-2-1-3-5-6/h1-5,7H. The van der Waals surface area contributed by atoms with Gasteiger partial charge in [0.1, 0.15) is 0 Å². The lowest BCUT2D eigenvalue weighted by Crippen LogP contribution is -2.20. The minimum absolute atomic E-state index is 0.00926. The normalized spacial score (nSPS) is 14.2. The first-order chi connectivity index (χ1) is 6.05. The molecule has 5 heteroatoms. The van der Waals surface area contributed by atoms with Crippen LogP contribution < -0.4 is 0 Å². The van der Waals surface area contributed by atoms with Gasteiger partial charge in [-0.15, -0.1) is 0 Å². The number of halogens is 4. The zero-order valence-corrected chi connectivity index (χ0v) is 7.14. The lowest BCUT2D eigenvalue weighted by atomic mass is 10.1. The molecule has 0 radical (unpaired) electrons. The molecule has 1 nitrogen and oxygen atoms in total. The molecule has 72 valence electrons. The van der Waals surface area contributed by atoms with Crippen molar-refractivity contribution in [3.05, 3.63) is 35.9 Å². The van der Waals surface area contributed by atoms with E-state index in [0.717, 1.165) is 0 Å². The number of alkyl halides is 3. The van der Waals surface area contributed by atoms with Gasteiger partial charge in [0, 0.05) is 0 Å². The van der Waals surface area contributed by atoms with E-state index in [9.17, 15) is 13.2 Å². The molecule has 0 amide bonds. The van der Waals surface area contributed by atoms with Gasteiger partial charge in [0.2, 0.25) is 0 Å². The molecule has 0 aliphatic rings. The van der Waals surface area contributed by atoms with Crippen LogP contribution in [0.2, 0.25) is 0 Å². The molecule has 0 aliphatic carbocycles. The zero-order valence-electron chi connectivity index (χ0n) is 6.38. The summed E-state index contributed by atoms with van der Waals surface area (Å²) in [5.74, 6) is 0. The van der Waals surface area contributed by atoms with Crippen molar-refractivity contribution in [1.82, 2.24) is 0 Å². The molecule has 1 aromatic carbocycles. The molecular weight excluding hydrogens is 205 g/mol. The van der Waals surface area contributed by atoms with E-state index in [0.29, 0.717) is 0 Å². The molecule has 1 rings (SSSR count). The second kappa shape index (κ2) is 3.98. The smallest absolute Gasteiger partial charge is 0.261 e. The third kappa shape index (κ3) is 2.60. The summed E-state index contributed by atoms with van der Waals surface area (Å²) in [6, 6.07) is 7.21. The fourth-order valence-electron chi connectivity index (χ4n) is 0.919. The maximum atomic E-state index is 12.2. The van der Waals surface area contributed by atoms with Crippen LogP contribution >= 0.6 is 11.9 Å². The lowest BCUT2D eigenvalue weighted by Gasteiger charge is -2.16. The van der Waals surface area contributed by atoms with Crippen molar-refractivity contribution in [3.8, 4) is 0 Å². The van der Waals surface area contributed by atoms with Crippen LogP contribution in [0.4, 0.5) is 13.2 Å². The number of benzene rings is 1. The molecule has 1 atom stereocenters. The van der Waals surface area contributed by atoms with Gasteiger partial charge >= 0.3 is 6.18 Å². The van der Waals surface area contributed by atoms with E-state index in [1.165, 1.54) is 24.3 Å². The monoisotopic (exact) mass is 210 g/mol. The molecule has 0 fully saturated rings. The minimum atomic E-state index is -4.48. The summed E-state index contributed by atoms with van der Waals surface area (Å²) in [6.45, 7) is 0. The second-order valence-corrected chi connectivity index (χ2v) is 2.60. The second-order valence-electron chi connectivity index (χ2n) is 2.42. The zero-order chi connectivity index (χ0) is 9.90. The largest absolute Gasteiger partial charge is 0.420 e. The van der Waals surface area contributed by atoms with E-state index < -0.39 is 12.3 Å². The Morgan fingerprint density at radius 3 is 2.08 bits per heavy atom. The van der Waals surface area contributed by atoms with Crippen molar-refractivity contribution in [3.63, 3.8) is 0 Å². The first kappa shape index (κ1) is 10.3. The van der Waals surface area contributed by atoms with Crippen LogP contribution in [0.5, 0.6) is 0 Å². The Morgan fingerprint density at radius 2 is 1.69 bits per heavy atom. The van der Waals surface area contributed by atoms with Crippen molar-refractivity contribution in [2.75, 3.05) is 0 Å². The summed E-state index contributed by atoms with van der Waals surface area (Å²) >= 11 is 4.77. The predicted octanol–water partition coefficient (Wildman–Crippen LogP) is 3.46. The maximum absolute atomic E-state index is 12.2. The predicted molar refractivity (Wildman–Crippen MR) is 42.2 cm³/mol. The van der Waals surface area contributed by atoms with E-state index in [4.69, 9.17) is 11.9 Å². The fraction of sp³-hybridized carbons (Fsp3) is 0.250. The summed E-state index contributed by atoms with van der Waals surface area (Å²) in [5, 5.41) is 0. The van der Waals surface area contributed by atoms with Gasteiger partial charge < -0.3 is 0 Å². The molecule has 13 heavy (non-hydrogen) atoms.